The smallest absolute Gasteiger partial charge is 0.327 e. The van der Waals surface area contributed by atoms with E-state index < -0.39 is 40.9 Å². The Hall–Kier alpha value is -3.46. The van der Waals surface area contributed by atoms with Crippen LogP contribution < -0.4 is 4.31 Å². The molecule has 1 aliphatic rings. The fraction of sp³-hybridized carbons (Fsp3) is 0.182. The molecule has 4 rings (SSSR count). The zero-order chi connectivity index (χ0) is 22.2. The van der Waals surface area contributed by atoms with Gasteiger partial charge in [0.1, 0.15) is 12.4 Å². The van der Waals surface area contributed by atoms with Gasteiger partial charge in [-0.3, -0.25) is 13.9 Å². The molecule has 0 fully saturated rings. The maximum atomic E-state index is 13.7. The first-order valence-corrected chi connectivity index (χ1v) is 10.9. The Kier molecular flexibility index (Phi) is 5.36. The molecule has 3 aromatic rings. The number of hydrogen-bond donors (Lipinski definition) is 0. The molecule has 9 heteroatoms. The second-order valence-corrected chi connectivity index (χ2v) is 8.98. The molecule has 0 spiro atoms. The molecule has 1 heterocycles. The number of esters is 1. The van der Waals surface area contributed by atoms with Crippen molar-refractivity contribution in [1.29, 1.82) is 0 Å². The third-order valence-corrected chi connectivity index (χ3v) is 6.90. The normalized spacial score (nSPS) is 13.9. The van der Waals surface area contributed by atoms with Crippen LogP contribution in [0.15, 0.2) is 65.6 Å². The van der Waals surface area contributed by atoms with Crippen LogP contribution in [0, 0.1) is 5.82 Å². The van der Waals surface area contributed by atoms with Gasteiger partial charge in [0.25, 0.3) is 15.9 Å². The Labute approximate surface area is 178 Å². The average Bonchev–Trinajstić information content (AvgIpc) is 2.97. The SMILES string of the molecule is CN(Cc1ccccc1F)C(=O)COC(=O)CN1c2cccc3cccc(c23)S1(=O)=O. The van der Waals surface area contributed by atoms with Crippen LogP contribution in [-0.2, 0) is 30.9 Å². The van der Waals surface area contributed by atoms with Crippen LogP contribution in [0.25, 0.3) is 10.8 Å². The van der Waals surface area contributed by atoms with Crippen LogP contribution in [0.3, 0.4) is 0 Å². The third-order valence-electron chi connectivity index (χ3n) is 5.10. The quantitative estimate of drug-likeness (QED) is 0.548. The molecule has 0 atom stereocenters. The number of nitrogens with zero attached hydrogens (tertiary/aromatic N) is 2. The van der Waals surface area contributed by atoms with E-state index >= 15 is 0 Å². The van der Waals surface area contributed by atoms with E-state index in [0.717, 1.165) is 9.69 Å². The molecular formula is C22H19FN2O5S. The van der Waals surface area contributed by atoms with Gasteiger partial charge in [0, 0.05) is 24.5 Å². The van der Waals surface area contributed by atoms with E-state index in [0.29, 0.717) is 16.6 Å². The number of rotatable bonds is 6. The summed E-state index contributed by atoms with van der Waals surface area (Å²) < 4.78 is 45.5. The highest BCUT2D eigenvalue weighted by Gasteiger charge is 2.37. The maximum Gasteiger partial charge on any atom is 0.327 e. The van der Waals surface area contributed by atoms with Crippen LogP contribution >= 0.6 is 0 Å². The lowest BCUT2D eigenvalue weighted by atomic mass is 10.1. The van der Waals surface area contributed by atoms with E-state index in [2.05, 4.69) is 0 Å². The predicted octanol–water partition coefficient (Wildman–Crippen LogP) is 2.69. The molecule has 0 bridgehead atoms. The molecule has 0 saturated carbocycles. The average molecular weight is 442 g/mol. The van der Waals surface area contributed by atoms with E-state index in [4.69, 9.17) is 4.74 Å². The summed E-state index contributed by atoms with van der Waals surface area (Å²) in [6, 6.07) is 16.1. The van der Waals surface area contributed by atoms with Gasteiger partial charge in [-0.2, -0.15) is 0 Å². The Morgan fingerprint density at radius 1 is 1.03 bits per heavy atom. The van der Waals surface area contributed by atoms with Crippen molar-refractivity contribution in [3.63, 3.8) is 0 Å². The Bertz CT molecular complexity index is 1290. The summed E-state index contributed by atoms with van der Waals surface area (Å²) in [4.78, 5) is 26.0. The molecule has 0 aromatic heterocycles. The first-order chi connectivity index (χ1) is 14.8. The van der Waals surface area contributed by atoms with Crippen molar-refractivity contribution in [2.24, 2.45) is 0 Å². The number of hydrogen-bond acceptors (Lipinski definition) is 5. The van der Waals surface area contributed by atoms with Crippen LogP contribution in [0.5, 0.6) is 0 Å². The number of benzene rings is 3. The van der Waals surface area contributed by atoms with Crippen molar-refractivity contribution in [2.75, 3.05) is 24.5 Å². The van der Waals surface area contributed by atoms with Gasteiger partial charge in [0.2, 0.25) is 0 Å². The Morgan fingerprint density at radius 3 is 2.48 bits per heavy atom. The minimum atomic E-state index is -3.90. The van der Waals surface area contributed by atoms with Crippen molar-refractivity contribution >= 4 is 38.4 Å². The van der Waals surface area contributed by atoms with Crippen molar-refractivity contribution in [3.8, 4) is 0 Å². The zero-order valence-electron chi connectivity index (χ0n) is 16.6. The molecule has 1 amide bonds. The van der Waals surface area contributed by atoms with Crippen molar-refractivity contribution < 1.29 is 27.1 Å². The highest BCUT2D eigenvalue weighted by atomic mass is 32.2. The summed E-state index contributed by atoms with van der Waals surface area (Å²) in [5, 5.41) is 1.30. The molecule has 0 N–H and O–H groups in total. The second-order valence-electron chi connectivity index (χ2n) is 7.14. The van der Waals surface area contributed by atoms with Gasteiger partial charge in [0.05, 0.1) is 10.6 Å². The fourth-order valence-electron chi connectivity index (χ4n) is 3.51. The van der Waals surface area contributed by atoms with Gasteiger partial charge < -0.3 is 9.64 Å². The van der Waals surface area contributed by atoms with E-state index in [1.54, 1.807) is 48.5 Å². The first kappa shape index (κ1) is 20.8. The molecule has 1 aliphatic heterocycles. The number of carbonyl (C=O) groups is 2. The van der Waals surface area contributed by atoms with Crippen LogP contribution in [-0.4, -0.2) is 45.4 Å². The molecule has 0 saturated heterocycles. The number of anilines is 1. The summed E-state index contributed by atoms with van der Waals surface area (Å²) >= 11 is 0. The highest BCUT2D eigenvalue weighted by Crippen LogP contribution is 2.41. The van der Waals surface area contributed by atoms with Gasteiger partial charge in [-0.25, -0.2) is 12.8 Å². The van der Waals surface area contributed by atoms with E-state index in [1.165, 1.54) is 24.1 Å². The first-order valence-electron chi connectivity index (χ1n) is 9.46. The predicted molar refractivity (Wildman–Crippen MR) is 112 cm³/mol. The van der Waals surface area contributed by atoms with Crippen LogP contribution in [0.4, 0.5) is 10.1 Å². The number of sulfonamides is 1. The largest absolute Gasteiger partial charge is 0.454 e. The maximum absolute atomic E-state index is 13.7. The summed E-state index contributed by atoms with van der Waals surface area (Å²) in [6.07, 6.45) is 0. The van der Waals surface area contributed by atoms with Gasteiger partial charge in [-0.15, -0.1) is 0 Å². The standard InChI is InChI=1S/C22H19FN2O5S/c1-24(12-16-6-2-3-9-17(16)23)20(26)14-30-21(27)13-25-18-10-4-7-15-8-5-11-19(22(15)18)31(25,28)29/h2-11H,12-14H2,1H3. The number of carbonyl (C=O) groups excluding carboxylic acids is 2. The molecule has 3 aromatic carbocycles. The number of halogens is 1. The molecule has 0 radical (unpaired) electrons. The topological polar surface area (TPSA) is 84.0 Å². The molecule has 0 aliphatic carbocycles. The lowest BCUT2D eigenvalue weighted by Gasteiger charge is -2.19. The summed E-state index contributed by atoms with van der Waals surface area (Å²) in [6.45, 7) is -1.11. The molecule has 0 unspecified atom stereocenters. The number of ether oxygens (including phenoxy) is 1. The van der Waals surface area contributed by atoms with Gasteiger partial charge in [0.15, 0.2) is 6.61 Å². The lowest BCUT2D eigenvalue weighted by molar-refractivity contribution is -0.150. The van der Waals surface area contributed by atoms with Crippen molar-refractivity contribution in [2.45, 2.75) is 11.4 Å². The van der Waals surface area contributed by atoms with E-state index in [9.17, 15) is 22.4 Å². The van der Waals surface area contributed by atoms with Crippen molar-refractivity contribution in [3.05, 3.63) is 72.0 Å². The summed E-state index contributed by atoms with van der Waals surface area (Å²) in [7, 11) is -2.44. The highest BCUT2D eigenvalue weighted by molar-refractivity contribution is 7.93. The van der Waals surface area contributed by atoms with Crippen LogP contribution in [0.2, 0.25) is 0 Å². The molecule has 31 heavy (non-hydrogen) atoms. The monoisotopic (exact) mass is 442 g/mol. The van der Waals surface area contributed by atoms with E-state index in [-0.39, 0.29) is 11.4 Å². The number of likely N-dealkylation sites (N-methyl/N-ethyl adjacent to an activating group) is 1. The molecule has 7 nitrogen and oxygen atoms in total. The second kappa shape index (κ2) is 7.99. The Balaban J connectivity index is 1.41. The zero-order valence-corrected chi connectivity index (χ0v) is 17.4. The summed E-state index contributed by atoms with van der Waals surface area (Å²) in [5.41, 5.74) is 0.728. The number of amides is 1. The minimum absolute atomic E-state index is 0.0148. The minimum Gasteiger partial charge on any atom is -0.454 e. The Morgan fingerprint density at radius 2 is 1.74 bits per heavy atom. The summed E-state index contributed by atoms with van der Waals surface area (Å²) in [5.74, 6) is -1.83. The molecule has 160 valence electrons. The van der Waals surface area contributed by atoms with Gasteiger partial charge in [-0.05, 0) is 23.6 Å². The third kappa shape index (κ3) is 3.84. The van der Waals surface area contributed by atoms with Crippen LogP contribution in [0.1, 0.15) is 5.56 Å². The van der Waals surface area contributed by atoms with E-state index in [1.807, 2.05) is 0 Å². The van der Waals surface area contributed by atoms with Gasteiger partial charge in [-0.1, -0.05) is 42.5 Å². The lowest BCUT2D eigenvalue weighted by Crippen LogP contribution is -2.36. The van der Waals surface area contributed by atoms with Gasteiger partial charge >= 0.3 is 5.97 Å². The fourth-order valence-corrected chi connectivity index (χ4v) is 5.17. The molecular weight excluding hydrogens is 423 g/mol. The van der Waals surface area contributed by atoms with Crippen molar-refractivity contribution in [1.82, 2.24) is 4.90 Å².